The molecule has 0 saturated carbocycles. The number of hydrogen-bond acceptors (Lipinski definition) is 10. The number of Topliss-reactive ketones (excluding diaryl/α,β-unsaturated/α-hetero) is 1. The number of carbonyl (C=O) groups excluding carboxylic acids is 1. The lowest BCUT2D eigenvalue weighted by Gasteiger charge is -2.47. The van der Waals surface area contributed by atoms with Gasteiger partial charge in [0.1, 0.15) is 11.9 Å². The van der Waals surface area contributed by atoms with Gasteiger partial charge in [-0.15, -0.1) is 0 Å². The lowest BCUT2D eigenvalue weighted by Crippen LogP contribution is -2.58. The number of ketones is 1. The summed E-state index contributed by atoms with van der Waals surface area (Å²) >= 11 is 0. The van der Waals surface area contributed by atoms with Crippen LogP contribution in [0, 0.1) is 5.92 Å². The first-order chi connectivity index (χ1) is 23.6. The smallest absolute Gasteiger partial charge is 0.188 e. The molecule has 8 rings (SSSR count). The zero-order valence-electron chi connectivity index (χ0n) is 28.9. The number of hydrogen-bond donors (Lipinski definition) is 2. The highest BCUT2D eigenvalue weighted by molar-refractivity contribution is 5.79. The Morgan fingerprint density at radius 3 is 2.45 bits per heavy atom. The summed E-state index contributed by atoms with van der Waals surface area (Å²) in [6.45, 7) is 8.96. The van der Waals surface area contributed by atoms with Gasteiger partial charge in [-0.3, -0.25) is 4.79 Å². The summed E-state index contributed by atoms with van der Waals surface area (Å²) in [5, 5.41) is 19.2. The molecule has 0 aromatic heterocycles. The van der Waals surface area contributed by atoms with Crippen LogP contribution < -0.4 is 5.73 Å². The van der Waals surface area contributed by atoms with Gasteiger partial charge in [0.15, 0.2) is 18.0 Å². The van der Waals surface area contributed by atoms with Crippen molar-refractivity contribution in [1.29, 1.82) is 0 Å². The molecule has 0 aliphatic carbocycles. The minimum absolute atomic E-state index is 0.00649. The van der Waals surface area contributed by atoms with Crippen LogP contribution in [0.4, 0.5) is 0 Å². The first kappa shape index (κ1) is 34.8. The average molecular weight is 689 g/mol. The van der Waals surface area contributed by atoms with Crippen molar-refractivity contribution in [3.05, 3.63) is 24.3 Å². The van der Waals surface area contributed by atoms with Crippen LogP contribution in [-0.4, -0.2) is 114 Å². The zero-order valence-corrected chi connectivity index (χ0v) is 28.9. The highest BCUT2D eigenvalue weighted by atomic mass is 16.7. The third kappa shape index (κ3) is 7.36. The molecule has 11 heteroatoms. The van der Waals surface area contributed by atoms with Gasteiger partial charge in [0.05, 0.1) is 73.6 Å². The average Bonchev–Trinajstić information content (AvgIpc) is 3.70. The van der Waals surface area contributed by atoms with Crippen molar-refractivity contribution in [3.8, 4) is 0 Å². The molecular formula is C38H58NO10+. The topological polar surface area (TPSA) is 151 Å². The molecule has 49 heavy (non-hydrogen) atoms. The van der Waals surface area contributed by atoms with E-state index in [0.29, 0.717) is 51.4 Å². The molecule has 8 aliphatic heterocycles. The number of aliphatic hydroxyl groups excluding tert-OH is 1. The summed E-state index contributed by atoms with van der Waals surface area (Å²) in [5.41, 5.74) is 7.96. The molecule has 0 radical (unpaired) electrons. The number of nitrogens with two attached hydrogens (primary N) is 1. The number of carbonyl (C=O) groups is 1. The van der Waals surface area contributed by atoms with E-state index in [1.165, 1.54) is 0 Å². The van der Waals surface area contributed by atoms with Crippen molar-refractivity contribution in [2.75, 3.05) is 6.54 Å². The SMILES string of the molecule is C=C1CC2CC[C@]34C[C@@H]([OH2+])C(O3)C3C[C@@H](O4)C4OC(CCC4O3)CC(=O)CC3C[C@@H](CC(O)CN)O[C@H]3CC3OC(CCC3=C)CCC1O2. The maximum Gasteiger partial charge on any atom is 0.188 e. The van der Waals surface area contributed by atoms with Crippen LogP contribution >= 0.6 is 0 Å². The molecule has 0 aromatic rings. The number of aliphatic hydroxyl groups is 1. The van der Waals surface area contributed by atoms with E-state index in [4.69, 9.17) is 44.0 Å². The van der Waals surface area contributed by atoms with E-state index in [-0.39, 0.29) is 91.5 Å². The lowest BCUT2D eigenvalue weighted by atomic mass is 9.84. The van der Waals surface area contributed by atoms with Crippen molar-refractivity contribution in [1.82, 2.24) is 0 Å². The van der Waals surface area contributed by atoms with Crippen LogP contribution in [0.1, 0.15) is 103 Å². The van der Waals surface area contributed by atoms with E-state index in [0.717, 1.165) is 62.5 Å². The fraction of sp³-hybridized carbons (Fsp3) is 0.868. The van der Waals surface area contributed by atoms with Crippen LogP contribution in [-0.2, 0) is 38.0 Å². The van der Waals surface area contributed by atoms with Gasteiger partial charge in [0.25, 0.3) is 0 Å². The normalized spacial score (nSPS) is 49.7. The molecule has 274 valence electrons. The van der Waals surface area contributed by atoms with Gasteiger partial charge in [-0.2, -0.15) is 0 Å². The van der Waals surface area contributed by atoms with Crippen LogP contribution in [0.25, 0.3) is 0 Å². The second-order valence-corrected chi connectivity index (χ2v) is 16.5. The van der Waals surface area contributed by atoms with Crippen molar-refractivity contribution in [3.63, 3.8) is 0 Å². The fourth-order valence-electron chi connectivity index (χ4n) is 10.3. The van der Waals surface area contributed by atoms with Gasteiger partial charge in [-0.1, -0.05) is 13.2 Å². The molecule has 0 aromatic carbocycles. The third-order valence-electron chi connectivity index (χ3n) is 12.8. The predicted octanol–water partition coefficient (Wildman–Crippen LogP) is 3.28. The van der Waals surface area contributed by atoms with Crippen molar-refractivity contribution in [2.24, 2.45) is 11.7 Å². The standard InChI is InChI=1S/C38H57NO10/c1-20-3-4-25-5-7-30-21(2)11-27(44-30)9-10-38-18-29(42)36(49-38)34-17-35(48-38)37-31(47-34)8-6-26(46-37)14-23(40)12-22-13-28(15-24(41)19-39)45-33(22)16-32(20)43-25/h22,24-37,41-42H,1-19,39H2/p+1/t22?,24?,25?,26?,27?,28-,29+,30?,31?,32?,33-,34?,35+,36?,37?,38+/m0/s1. The highest BCUT2D eigenvalue weighted by Gasteiger charge is 2.61. The Morgan fingerprint density at radius 1 is 0.776 bits per heavy atom. The van der Waals surface area contributed by atoms with E-state index in [1.54, 1.807) is 0 Å². The molecule has 0 amide bonds. The van der Waals surface area contributed by atoms with E-state index in [9.17, 15) is 9.90 Å². The van der Waals surface area contributed by atoms with Crippen LogP contribution in [0.5, 0.6) is 0 Å². The summed E-state index contributed by atoms with van der Waals surface area (Å²) in [5.74, 6) is -0.664. The quantitative estimate of drug-likeness (QED) is 0.334. The minimum atomic E-state index is -0.862. The van der Waals surface area contributed by atoms with Gasteiger partial charge in [-0.25, -0.2) is 0 Å². The Bertz CT molecular complexity index is 1250. The molecule has 1 spiro atoms. The molecule has 11 nitrogen and oxygen atoms in total. The van der Waals surface area contributed by atoms with Gasteiger partial charge in [-0.05, 0) is 74.9 Å². The van der Waals surface area contributed by atoms with Gasteiger partial charge >= 0.3 is 0 Å². The number of rotatable bonds is 3. The Balaban J connectivity index is 1.03. The maximum absolute atomic E-state index is 13.8. The van der Waals surface area contributed by atoms with Gasteiger partial charge < -0.3 is 49.1 Å². The Kier molecular flexibility index (Phi) is 10.2. The Morgan fingerprint density at radius 2 is 1.59 bits per heavy atom. The van der Waals surface area contributed by atoms with Crippen molar-refractivity contribution < 1.29 is 48.2 Å². The molecular weight excluding hydrogens is 630 g/mol. The first-order valence-electron chi connectivity index (χ1n) is 19.2. The molecule has 8 heterocycles. The summed E-state index contributed by atoms with van der Waals surface area (Å²) in [6.07, 6.45) is 8.35. The largest absolute Gasteiger partial charge is 0.441 e. The van der Waals surface area contributed by atoms with E-state index in [1.807, 2.05) is 0 Å². The van der Waals surface area contributed by atoms with Gasteiger partial charge in [0, 0.05) is 45.1 Å². The molecule has 8 fully saturated rings. The summed E-state index contributed by atoms with van der Waals surface area (Å²) in [4.78, 5) is 13.8. The molecule has 16 atom stereocenters. The molecule has 8 aliphatic rings. The fourth-order valence-corrected chi connectivity index (χ4v) is 10.3. The third-order valence-corrected chi connectivity index (χ3v) is 12.8. The Hall–Kier alpha value is -1.25. The van der Waals surface area contributed by atoms with Crippen LogP contribution in [0.2, 0.25) is 0 Å². The van der Waals surface area contributed by atoms with Crippen LogP contribution in [0.3, 0.4) is 0 Å². The molecule has 8 saturated heterocycles. The second-order valence-electron chi connectivity index (χ2n) is 16.5. The predicted molar refractivity (Wildman–Crippen MR) is 179 cm³/mol. The molecule has 5 N–H and O–H groups in total. The summed E-state index contributed by atoms with van der Waals surface area (Å²) < 4.78 is 46.7. The lowest BCUT2D eigenvalue weighted by molar-refractivity contribution is -0.277. The minimum Gasteiger partial charge on any atom is -0.441 e. The first-order valence-corrected chi connectivity index (χ1v) is 19.2. The van der Waals surface area contributed by atoms with Crippen LogP contribution in [0.15, 0.2) is 24.3 Å². The molecule has 11 unspecified atom stereocenters. The van der Waals surface area contributed by atoms with E-state index in [2.05, 4.69) is 13.2 Å². The highest BCUT2D eigenvalue weighted by Crippen LogP contribution is 2.49. The van der Waals surface area contributed by atoms with Crippen molar-refractivity contribution in [2.45, 2.75) is 194 Å². The number of ether oxygens (including phenoxy) is 7. The Labute approximate surface area is 290 Å². The second kappa shape index (κ2) is 14.3. The summed E-state index contributed by atoms with van der Waals surface area (Å²) in [7, 11) is 0. The number of fused-ring (bicyclic) bond motifs is 9. The monoisotopic (exact) mass is 688 g/mol. The summed E-state index contributed by atoms with van der Waals surface area (Å²) in [6, 6.07) is 0. The van der Waals surface area contributed by atoms with Gasteiger partial charge in [0.2, 0.25) is 0 Å². The van der Waals surface area contributed by atoms with E-state index < -0.39 is 18.0 Å². The van der Waals surface area contributed by atoms with Crippen molar-refractivity contribution >= 4 is 5.78 Å². The molecule has 10 bridgehead atoms. The zero-order chi connectivity index (χ0) is 33.9. The van der Waals surface area contributed by atoms with E-state index >= 15 is 0 Å². The maximum atomic E-state index is 13.8.